The number of carbonyl (C=O) groups is 3. The maximum absolute atomic E-state index is 13.7. The molecule has 2 aromatic rings. The number of hydrogen-bond donors (Lipinski definition) is 0. The Morgan fingerprint density at radius 3 is 2.62 bits per heavy atom. The summed E-state index contributed by atoms with van der Waals surface area (Å²) in [6.07, 6.45) is 8.09. The van der Waals surface area contributed by atoms with Crippen LogP contribution in [0.2, 0.25) is 0 Å². The summed E-state index contributed by atoms with van der Waals surface area (Å²) in [4.78, 5) is 43.7. The summed E-state index contributed by atoms with van der Waals surface area (Å²) in [5.41, 5.74) is 3.88. The zero-order chi connectivity index (χ0) is 27.4. The summed E-state index contributed by atoms with van der Waals surface area (Å²) < 4.78 is 5.17. The molecule has 0 aromatic heterocycles. The molecule has 2 aromatic carbocycles. The van der Waals surface area contributed by atoms with E-state index in [0.29, 0.717) is 37.1 Å². The lowest BCUT2D eigenvalue weighted by Crippen LogP contribution is -2.50. The fourth-order valence-corrected chi connectivity index (χ4v) is 7.51. The molecule has 3 unspecified atom stereocenters. The molecule has 2 saturated heterocycles. The van der Waals surface area contributed by atoms with Crippen LogP contribution in [0.1, 0.15) is 72.5 Å². The number of ether oxygens (including phenoxy) is 1. The second-order valence-electron chi connectivity index (χ2n) is 10.9. The topological polar surface area (TPSA) is 66.9 Å². The minimum Gasteiger partial charge on any atom is -0.466 e. The van der Waals surface area contributed by atoms with Crippen molar-refractivity contribution in [2.24, 2.45) is 5.92 Å². The van der Waals surface area contributed by atoms with Crippen molar-refractivity contribution in [1.29, 1.82) is 0 Å². The molecule has 206 valence electrons. The number of rotatable bonds is 6. The molecule has 39 heavy (non-hydrogen) atoms. The number of nitrogens with zero attached hydrogens (tertiary/aromatic N) is 2. The number of piperidine rings is 1. The maximum Gasteiger partial charge on any atom is 0.310 e. The van der Waals surface area contributed by atoms with Crippen LogP contribution in [0.15, 0.2) is 53.4 Å². The van der Waals surface area contributed by atoms with Crippen molar-refractivity contribution < 1.29 is 19.1 Å². The van der Waals surface area contributed by atoms with Gasteiger partial charge in [0.25, 0.3) is 11.8 Å². The normalized spacial score (nSPS) is 24.4. The second kappa shape index (κ2) is 12.4. The molecule has 1 aliphatic carbocycles. The molecule has 2 aliphatic heterocycles. The quantitative estimate of drug-likeness (QED) is 0.337. The first-order valence-electron chi connectivity index (χ1n) is 14.2. The molecule has 0 radical (unpaired) electrons. The van der Waals surface area contributed by atoms with Crippen LogP contribution in [0, 0.1) is 12.8 Å². The largest absolute Gasteiger partial charge is 0.466 e. The number of amides is 2. The smallest absolute Gasteiger partial charge is 0.310 e. The third-order valence-corrected chi connectivity index (χ3v) is 9.44. The molecule has 2 amide bonds. The van der Waals surface area contributed by atoms with Crippen LogP contribution in [0.4, 0.5) is 0 Å². The molecule has 5 rings (SSSR count). The van der Waals surface area contributed by atoms with E-state index in [9.17, 15) is 14.4 Å². The Balaban J connectivity index is 1.31. The Kier molecular flexibility index (Phi) is 8.75. The van der Waals surface area contributed by atoms with Gasteiger partial charge in [-0.15, -0.1) is 11.8 Å². The van der Waals surface area contributed by atoms with Gasteiger partial charge in [0.05, 0.1) is 17.4 Å². The van der Waals surface area contributed by atoms with Crippen molar-refractivity contribution in [3.05, 3.63) is 75.7 Å². The summed E-state index contributed by atoms with van der Waals surface area (Å²) in [5.74, 6) is -0.445. The number of hydrogen-bond acceptors (Lipinski definition) is 5. The van der Waals surface area contributed by atoms with Crippen LogP contribution in [0.25, 0.3) is 6.08 Å². The molecule has 3 fully saturated rings. The van der Waals surface area contributed by atoms with Gasteiger partial charge in [0.15, 0.2) is 0 Å². The monoisotopic (exact) mass is 546 g/mol. The van der Waals surface area contributed by atoms with Gasteiger partial charge in [-0.3, -0.25) is 14.4 Å². The predicted molar refractivity (Wildman–Crippen MR) is 155 cm³/mol. The summed E-state index contributed by atoms with van der Waals surface area (Å²) in [6, 6.07) is 16.2. The van der Waals surface area contributed by atoms with E-state index in [1.54, 1.807) is 23.6 Å². The van der Waals surface area contributed by atoms with Gasteiger partial charge in [-0.25, -0.2) is 0 Å². The minimum absolute atomic E-state index is 0.0688. The Labute approximate surface area is 235 Å². The van der Waals surface area contributed by atoms with Crippen molar-refractivity contribution >= 4 is 35.6 Å². The Morgan fingerprint density at radius 1 is 1.05 bits per heavy atom. The third kappa shape index (κ3) is 6.40. The molecular weight excluding hydrogens is 508 g/mol. The number of benzene rings is 2. The highest BCUT2D eigenvalue weighted by molar-refractivity contribution is 8.04. The van der Waals surface area contributed by atoms with Crippen molar-refractivity contribution in [2.45, 2.75) is 70.2 Å². The van der Waals surface area contributed by atoms with E-state index in [2.05, 4.69) is 36.1 Å². The van der Waals surface area contributed by atoms with Crippen LogP contribution >= 0.6 is 11.8 Å². The van der Waals surface area contributed by atoms with Gasteiger partial charge in [0.1, 0.15) is 0 Å². The summed E-state index contributed by atoms with van der Waals surface area (Å²) in [6.45, 7) is 5.92. The average Bonchev–Trinajstić information content (AvgIpc) is 2.95. The minimum atomic E-state index is -0.257. The SMILES string of the molecule is CCOC(=O)C1CCCN(C(=O)c2ccc(/C=C3/SC4CCCCC4N(Cc4cccc(C)c4)C3=O)cc2)C1. The molecule has 0 bridgehead atoms. The predicted octanol–water partition coefficient (Wildman–Crippen LogP) is 5.84. The molecule has 3 aliphatic rings. The lowest BCUT2D eigenvalue weighted by molar-refractivity contribution is -0.149. The Morgan fingerprint density at radius 2 is 1.85 bits per heavy atom. The highest BCUT2D eigenvalue weighted by Crippen LogP contribution is 2.42. The fraction of sp³-hybridized carbons (Fsp3) is 0.469. The van der Waals surface area contributed by atoms with E-state index >= 15 is 0 Å². The Bertz CT molecular complexity index is 1240. The van der Waals surface area contributed by atoms with E-state index in [0.717, 1.165) is 36.2 Å². The van der Waals surface area contributed by atoms with Crippen molar-refractivity contribution in [1.82, 2.24) is 9.80 Å². The number of aryl methyl sites for hydroxylation is 1. The van der Waals surface area contributed by atoms with Gasteiger partial charge in [0, 0.05) is 36.5 Å². The highest BCUT2D eigenvalue weighted by Gasteiger charge is 2.40. The van der Waals surface area contributed by atoms with Crippen LogP contribution in [-0.4, -0.2) is 58.6 Å². The first-order valence-corrected chi connectivity index (χ1v) is 15.1. The first-order chi connectivity index (χ1) is 18.9. The van der Waals surface area contributed by atoms with E-state index in [4.69, 9.17) is 4.74 Å². The zero-order valence-corrected chi connectivity index (χ0v) is 23.8. The number of likely N-dealkylation sites (tertiary alicyclic amines) is 1. The molecule has 2 heterocycles. The lowest BCUT2D eigenvalue weighted by Gasteiger charge is -2.44. The Hall–Kier alpha value is -3.06. The third-order valence-electron chi connectivity index (χ3n) is 8.04. The second-order valence-corrected chi connectivity index (χ2v) is 12.2. The van der Waals surface area contributed by atoms with E-state index in [1.807, 2.05) is 30.3 Å². The van der Waals surface area contributed by atoms with Gasteiger partial charge in [-0.2, -0.15) is 0 Å². The van der Waals surface area contributed by atoms with Crippen molar-refractivity contribution in [3.8, 4) is 0 Å². The number of esters is 1. The summed E-state index contributed by atoms with van der Waals surface area (Å²) >= 11 is 1.73. The van der Waals surface area contributed by atoms with Crippen molar-refractivity contribution in [2.75, 3.05) is 19.7 Å². The van der Waals surface area contributed by atoms with Crippen LogP contribution in [0.3, 0.4) is 0 Å². The molecule has 6 nitrogen and oxygen atoms in total. The number of carbonyl (C=O) groups excluding carboxylic acids is 3. The average molecular weight is 547 g/mol. The molecule has 0 spiro atoms. The molecular formula is C32H38N2O4S. The van der Waals surface area contributed by atoms with Gasteiger partial charge in [-0.05, 0) is 68.9 Å². The van der Waals surface area contributed by atoms with E-state index in [-0.39, 0.29) is 29.7 Å². The molecule has 0 N–H and O–H groups in total. The van der Waals surface area contributed by atoms with E-state index < -0.39 is 0 Å². The zero-order valence-electron chi connectivity index (χ0n) is 22.9. The van der Waals surface area contributed by atoms with Gasteiger partial charge in [-0.1, -0.05) is 54.8 Å². The fourth-order valence-electron chi connectivity index (χ4n) is 6.04. The maximum atomic E-state index is 13.7. The number of fused-ring (bicyclic) bond motifs is 1. The highest BCUT2D eigenvalue weighted by atomic mass is 32.2. The molecule has 7 heteroatoms. The van der Waals surface area contributed by atoms with Crippen molar-refractivity contribution in [3.63, 3.8) is 0 Å². The van der Waals surface area contributed by atoms with Gasteiger partial charge < -0.3 is 14.5 Å². The standard InChI is InChI=1S/C32H38N2O4S/c1-3-38-32(37)26-10-7-17-33(21-26)30(35)25-15-13-23(14-16-25)19-29-31(36)34(20-24-9-6-8-22(2)18-24)27-11-4-5-12-28(27)39-29/h6,8-9,13-16,18-19,26-28H,3-5,7,10-12,17,20-21H2,1-2H3/b29-19+. The molecule has 3 atom stereocenters. The summed E-state index contributed by atoms with van der Waals surface area (Å²) in [5, 5.41) is 0.416. The number of thioether (sulfide) groups is 1. The van der Waals surface area contributed by atoms with Gasteiger partial charge in [0.2, 0.25) is 0 Å². The van der Waals surface area contributed by atoms with Crippen LogP contribution < -0.4 is 0 Å². The molecule has 1 saturated carbocycles. The van der Waals surface area contributed by atoms with Gasteiger partial charge >= 0.3 is 5.97 Å². The lowest BCUT2D eigenvalue weighted by atomic mass is 9.92. The van der Waals surface area contributed by atoms with E-state index in [1.165, 1.54) is 24.0 Å². The first kappa shape index (κ1) is 27.5. The van der Waals surface area contributed by atoms with Crippen LogP contribution in [-0.2, 0) is 20.9 Å². The summed E-state index contributed by atoms with van der Waals surface area (Å²) in [7, 11) is 0. The van der Waals surface area contributed by atoms with Crippen LogP contribution in [0.5, 0.6) is 0 Å².